The second kappa shape index (κ2) is 4.33. The number of alkyl halides is 3. The molecule has 0 bridgehead atoms. The summed E-state index contributed by atoms with van der Waals surface area (Å²) in [6, 6.07) is 0. The highest BCUT2D eigenvalue weighted by molar-refractivity contribution is 8.13. The molecule has 0 radical (unpaired) electrons. The van der Waals surface area contributed by atoms with Crippen LogP contribution in [0.25, 0.3) is 0 Å². The van der Waals surface area contributed by atoms with E-state index in [-0.39, 0.29) is 11.6 Å². The maximum absolute atomic E-state index is 13.0. The van der Waals surface area contributed by atoms with Crippen LogP contribution in [0.3, 0.4) is 0 Å². The summed E-state index contributed by atoms with van der Waals surface area (Å²) in [5.41, 5.74) is -2.95. The van der Waals surface area contributed by atoms with Gasteiger partial charge in [-0.05, 0) is 19.1 Å². The average Bonchev–Trinajstić information content (AvgIpc) is 2.27. The van der Waals surface area contributed by atoms with Gasteiger partial charge in [0.15, 0.2) is 11.4 Å². The first-order valence-corrected chi connectivity index (χ1v) is 6.41. The number of halogens is 3. The number of hydrogen-bond donors (Lipinski definition) is 2. The van der Waals surface area contributed by atoms with Crippen LogP contribution < -0.4 is 5.32 Å². The number of rotatable bonds is 0. The van der Waals surface area contributed by atoms with Crippen LogP contribution >= 0.6 is 11.8 Å². The largest absolute Gasteiger partial charge is 0.436 e. The minimum atomic E-state index is -4.76. The summed E-state index contributed by atoms with van der Waals surface area (Å²) in [5, 5.41) is 12.0. The molecule has 2 N–H and O–H groups in total. The molecule has 17 heavy (non-hydrogen) atoms. The summed E-state index contributed by atoms with van der Waals surface area (Å²) in [6.07, 6.45) is -3.36. The molecule has 0 saturated carbocycles. The number of aliphatic hydroxyl groups is 1. The van der Waals surface area contributed by atoms with Crippen molar-refractivity contribution in [2.24, 2.45) is 10.9 Å². The third-order valence-electron chi connectivity index (χ3n) is 3.00. The van der Waals surface area contributed by atoms with Crippen LogP contribution in [-0.4, -0.2) is 41.3 Å². The summed E-state index contributed by atoms with van der Waals surface area (Å²) in [4.78, 5) is 4.02. The summed E-state index contributed by atoms with van der Waals surface area (Å²) in [7, 11) is 0. The number of ether oxygens (including phenoxy) is 1. The Balaban J connectivity index is 2.35. The molecular weight excluding hydrogens is 257 g/mol. The number of nitrogens with zero attached hydrogens (tertiary/aromatic N) is 1. The van der Waals surface area contributed by atoms with Gasteiger partial charge in [-0.25, -0.2) is 4.99 Å². The van der Waals surface area contributed by atoms with Crippen molar-refractivity contribution in [2.75, 3.05) is 12.9 Å². The Morgan fingerprint density at radius 1 is 1.59 bits per heavy atom. The van der Waals surface area contributed by atoms with Gasteiger partial charge < -0.3 is 15.2 Å². The van der Waals surface area contributed by atoms with Gasteiger partial charge in [0, 0.05) is 6.61 Å². The fourth-order valence-corrected chi connectivity index (χ4v) is 2.56. The van der Waals surface area contributed by atoms with Crippen LogP contribution in [0.4, 0.5) is 13.2 Å². The van der Waals surface area contributed by atoms with E-state index in [2.05, 4.69) is 10.3 Å². The standard InChI is InChI=1S/C9H13F3N2O2S/c1-17-7-13-6-5(3-2-4-16-6)8(15,14-7)9(10,11)12/h5-6,15H,2-4H2,1H3,(H,13,14). The van der Waals surface area contributed by atoms with Crippen molar-refractivity contribution in [1.29, 1.82) is 0 Å². The fraction of sp³-hybridized carbons (Fsp3) is 0.889. The molecule has 0 amide bonds. The quantitative estimate of drug-likeness (QED) is 0.697. The van der Waals surface area contributed by atoms with Crippen LogP contribution in [0.2, 0.25) is 0 Å². The van der Waals surface area contributed by atoms with Crippen LogP contribution in [0.5, 0.6) is 0 Å². The molecule has 3 atom stereocenters. The number of thioether (sulfide) groups is 1. The van der Waals surface area contributed by atoms with Crippen molar-refractivity contribution in [3.8, 4) is 0 Å². The molecule has 3 unspecified atom stereocenters. The van der Waals surface area contributed by atoms with Crippen LogP contribution in [0.15, 0.2) is 4.99 Å². The van der Waals surface area contributed by atoms with E-state index in [1.165, 1.54) is 0 Å². The molecule has 2 rings (SSSR count). The topological polar surface area (TPSA) is 53.9 Å². The van der Waals surface area contributed by atoms with E-state index in [1.807, 2.05) is 0 Å². The molecule has 8 heteroatoms. The lowest BCUT2D eigenvalue weighted by Gasteiger charge is -2.45. The number of hydrogen-bond acceptors (Lipinski definition) is 5. The molecule has 2 heterocycles. The average molecular weight is 270 g/mol. The number of nitrogens with one attached hydrogen (secondary N) is 1. The Hall–Kier alpha value is -0.470. The van der Waals surface area contributed by atoms with E-state index in [4.69, 9.17) is 4.74 Å². The lowest BCUT2D eigenvalue weighted by molar-refractivity contribution is -0.305. The second-order valence-electron chi connectivity index (χ2n) is 4.04. The highest BCUT2D eigenvalue weighted by atomic mass is 32.2. The van der Waals surface area contributed by atoms with Crippen LogP contribution in [-0.2, 0) is 4.74 Å². The van der Waals surface area contributed by atoms with Crippen molar-refractivity contribution in [3.05, 3.63) is 0 Å². The second-order valence-corrected chi connectivity index (χ2v) is 4.83. The van der Waals surface area contributed by atoms with Gasteiger partial charge in [0.25, 0.3) is 0 Å². The van der Waals surface area contributed by atoms with E-state index in [0.717, 1.165) is 11.8 Å². The van der Waals surface area contributed by atoms with Gasteiger partial charge >= 0.3 is 6.18 Å². The van der Waals surface area contributed by atoms with Crippen LogP contribution in [0.1, 0.15) is 12.8 Å². The molecule has 0 aromatic carbocycles. The first kappa shape index (κ1) is 13.0. The van der Waals surface area contributed by atoms with Gasteiger partial charge in [-0.1, -0.05) is 11.8 Å². The van der Waals surface area contributed by atoms with Gasteiger partial charge in [0.2, 0.25) is 5.72 Å². The minimum absolute atomic E-state index is 0.0491. The first-order valence-electron chi connectivity index (χ1n) is 5.19. The van der Waals surface area contributed by atoms with Crippen LogP contribution in [0, 0.1) is 5.92 Å². The third kappa shape index (κ3) is 2.13. The predicted molar refractivity (Wildman–Crippen MR) is 57.6 cm³/mol. The van der Waals surface area contributed by atoms with E-state index in [9.17, 15) is 18.3 Å². The normalized spacial score (nSPS) is 38.1. The van der Waals surface area contributed by atoms with Gasteiger partial charge in [-0.15, -0.1) is 0 Å². The van der Waals surface area contributed by atoms with E-state index in [0.29, 0.717) is 13.0 Å². The van der Waals surface area contributed by atoms with Gasteiger partial charge in [0.1, 0.15) is 0 Å². The van der Waals surface area contributed by atoms with Gasteiger partial charge in [0.05, 0.1) is 5.92 Å². The lowest BCUT2D eigenvalue weighted by Crippen LogP contribution is -2.68. The molecular formula is C9H13F3N2O2S. The molecule has 98 valence electrons. The molecule has 2 aliphatic rings. The Labute approximate surface area is 101 Å². The summed E-state index contributed by atoms with van der Waals surface area (Å²) in [5.74, 6) is -1.09. The van der Waals surface area contributed by atoms with Crippen molar-refractivity contribution in [1.82, 2.24) is 5.32 Å². The Kier molecular flexibility index (Phi) is 3.30. The number of amidine groups is 1. The van der Waals surface area contributed by atoms with Crippen molar-refractivity contribution in [2.45, 2.75) is 31.0 Å². The van der Waals surface area contributed by atoms with Crippen molar-refractivity contribution in [3.63, 3.8) is 0 Å². The maximum atomic E-state index is 13.0. The smallest absolute Gasteiger partial charge is 0.363 e. The van der Waals surface area contributed by atoms with E-state index in [1.54, 1.807) is 6.26 Å². The molecule has 0 spiro atoms. The zero-order valence-corrected chi connectivity index (χ0v) is 9.94. The number of fused-ring (bicyclic) bond motifs is 1. The summed E-state index contributed by atoms with van der Waals surface area (Å²) < 4.78 is 44.1. The monoisotopic (exact) mass is 270 g/mol. The molecule has 0 aliphatic carbocycles. The zero-order chi connectivity index (χ0) is 12.7. The third-order valence-corrected chi connectivity index (χ3v) is 3.59. The van der Waals surface area contributed by atoms with Gasteiger partial charge in [-0.2, -0.15) is 13.2 Å². The van der Waals surface area contributed by atoms with E-state index >= 15 is 0 Å². The lowest BCUT2D eigenvalue weighted by atomic mass is 9.86. The van der Waals surface area contributed by atoms with Crippen molar-refractivity contribution < 1.29 is 23.0 Å². The zero-order valence-electron chi connectivity index (χ0n) is 9.12. The molecule has 1 fully saturated rings. The van der Waals surface area contributed by atoms with Gasteiger partial charge in [-0.3, -0.25) is 0 Å². The molecule has 4 nitrogen and oxygen atoms in total. The highest BCUT2D eigenvalue weighted by Crippen LogP contribution is 2.43. The first-order chi connectivity index (χ1) is 7.88. The fourth-order valence-electron chi connectivity index (χ4n) is 2.10. The maximum Gasteiger partial charge on any atom is 0.436 e. The Morgan fingerprint density at radius 3 is 2.88 bits per heavy atom. The van der Waals surface area contributed by atoms with Crippen molar-refractivity contribution >= 4 is 16.9 Å². The molecule has 0 aromatic heterocycles. The summed E-state index contributed by atoms with van der Waals surface area (Å²) in [6.45, 7) is 0.375. The molecule has 1 saturated heterocycles. The molecule has 2 aliphatic heterocycles. The highest BCUT2D eigenvalue weighted by Gasteiger charge is 2.63. The SMILES string of the molecule is CSC1=NC2OCCCC2C(O)(C(F)(F)F)N1. The Morgan fingerprint density at radius 2 is 2.29 bits per heavy atom. The molecule has 0 aromatic rings. The number of aliphatic imine (C=N–C) groups is 1. The minimum Gasteiger partial charge on any atom is -0.363 e. The van der Waals surface area contributed by atoms with E-state index < -0.39 is 24.0 Å². The summed E-state index contributed by atoms with van der Waals surface area (Å²) >= 11 is 1.02. The predicted octanol–water partition coefficient (Wildman–Crippen LogP) is 1.31. The Bertz CT molecular complexity index is 337.